The number of hydrogen-bond donors (Lipinski definition) is 1. The number of fused-ring (bicyclic) bond motifs is 1. The summed E-state index contributed by atoms with van der Waals surface area (Å²) in [7, 11) is 0. The van der Waals surface area contributed by atoms with Crippen LogP contribution in [0.4, 0.5) is 10.1 Å². The summed E-state index contributed by atoms with van der Waals surface area (Å²) in [5, 5.41) is 11.2. The summed E-state index contributed by atoms with van der Waals surface area (Å²) in [5.74, 6) is 1.33. The number of benzene rings is 1. The summed E-state index contributed by atoms with van der Waals surface area (Å²) in [6.07, 6.45) is 4.69. The number of nitrogens with zero attached hydrogens (tertiary/aromatic N) is 3. The number of amides is 1. The van der Waals surface area contributed by atoms with Crippen molar-refractivity contribution < 1.29 is 9.18 Å². The van der Waals surface area contributed by atoms with Gasteiger partial charge in [0.1, 0.15) is 11.6 Å². The maximum Gasteiger partial charge on any atom is 0.224 e. The van der Waals surface area contributed by atoms with Crippen LogP contribution in [0.15, 0.2) is 18.2 Å². The Hall–Kier alpha value is -2.24. The average molecular weight is 330 g/mol. The van der Waals surface area contributed by atoms with Gasteiger partial charge in [-0.1, -0.05) is 20.3 Å². The molecule has 0 saturated carbocycles. The van der Waals surface area contributed by atoms with Crippen LogP contribution < -0.4 is 5.32 Å². The van der Waals surface area contributed by atoms with Crippen LogP contribution in [0, 0.1) is 11.7 Å². The predicted molar refractivity (Wildman–Crippen MR) is 91.1 cm³/mol. The van der Waals surface area contributed by atoms with Gasteiger partial charge in [-0.25, -0.2) is 4.39 Å². The zero-order valence-electron chi connectivity index (χ0n) is 14.2. The maximum atomic E-state index is 14.1. The van der Waals surface area contributed by atoms with Gasteiger partial charge in [0, 0.05) is 24.9 Å². The van der Waals surface area contributed by atoms with Crippen LogP contribution in [0.2, 0.25) is 0 Å². The minimum Gasteiger partial charge on any atom is -0.324 e. The molecule has 0 unspecified atom stereocenters. The van der Waals surface area contributed by atoms with Gasteiger partial charge in [0.05, 0.1) is 5.69 Å². The van der Waals surface area contributed by atoms with Gasteiger partial charge in [-0.05, 0) is 37.0 Å². The fourth-order valence-electron chi connectivity index (χ4n) is 3.03. The van der Waals surface area contributed by atoms with E-state index in [1.54, 1.807) is 12.1 Å². The molecule has 0 saturated heterocycles. The Morgan fingerprint density at radius 3 is 2.92 bits per heavy atom. The van der Waals surface area contributed by atoms with Crippen molar-refractivity contribution in [1.82, 2.24) is 14.8 Å². The number of hydrogen-bond acceptors (Lipinski definition) is 3. The fraction of sp³-hybridized carbons (Fsp3) is 0.500. The molecule has 1 amide bonds. The Kier molecular flexibility index (Phi) is 4.92. The van der Waals surface area contributed by atoms with Gasteiger partial charge in [0.25, 0.3) is 0 Å². The molecule has 0 bridgehead atoms. The van der Waals surface area contributed by atoms with E-state index in [2.05, 4.69) is 20.1 Å². The molecular weight excluding hydrogens is 307 g/mol. The van der Waals surface area contributed by atoms with Crippen molar-refractivity contribution in [3.63, 3.8) is 0 Å². The number of aryl methyl sites for hydroxylation is 1. The van der Waals surface area contributed by atoms with Crippen molar-refractivity contribution in [2.75, 3.05) is 5.32 Å². The highest BCUT2D eigenvalue weighted by molar-refractivity contribution is 5.91. The molecule has 6 heteroatoms. The fourth-order valence-corrected chi connectivity index (χ4v) is 3.03. The molecule has 0 radical (unpaired) electrons. The van der Waals surface area contributed by atoms with E-state index in [0.717, 1.165) is 43.0 Å². The molecule has 24 heavy (non-hydrogen) atoms. The second-order valence-corrected chi connectivity index (χ2v) is 6.74. The standard InChI is InChI=1S/C18H23FN4O/c1-12(2)10-17(24)20-15-11-13(7-8-14(15)19)18-22-21-16-6-4-3-5-9-23(16)18/h7-8,11-12H,3-6,9-10H2,1-2H3,(H,20,24). The lowest BCUT2D eigenvalue weighted by Crippen LogP contribution is -2.15. The van der Waals surface area contributed by atoms with Crippen LogP contribution in [0.3, 0.4) is 0 Å². The molecule has 0 atom stereocenters. The first-order chi connectivity index (χ1) is 11.5. The highest BCUT2D eigenvalue weighted by Gasteiger charge is 2.17. The topological polar surface area (TPSA) is 59.8 Å². The molecule has 1 aromatic carbocycles. The van der Waals surface area contributed by atoms with Crippen molar-refractivity contribution in [3.05, 3.63) is 29.8 Å². The van der Waals surface area contributed by atoms with Crippen molar-refractivity contribution in [2.45, 2.75) is 52.5 Å². The summed E-state index contributed by atoms with van der Waals surface area (Å²) in [5.41, 5.74) is 0.973. The van der Waals surface area contributed by atoms with E-state index in [0.29, 0.717) is 6.42 Å². The van der Waals surface area contributed by atoms with Gasteiger partial charge >= 0.3 is 0 Å². The van der Waals surface area contributed by atoms with Gasteiger partial charge in [-0.3, -0.25) is 4.79 Å². The number of halogens is 1. The third kappa shape index (κ3) is 3.63. The molecule has 2 heterocycles. The smallest absolute Gasteiger partial charge is 0.224 e. The third-order valence-electron chi connectivity index (χ3n) is 4.20. The quantitative estimate of drug-likeness (QED) is 0.927. The number of rotatable bonds is 4. The van der Waals surface area contributed by atoms with Crippen molar-refractivity contribution in [1.29, 1.82) is 0 Å². The lowest BCUT2D eigenvalue weighted by Gasteiger charge is -2.11. The highest BCUT2D eigenvalue weighted by atomic mass is 19.1. The molecule has 1 aromatic heterocycles. The van der Waals surface area contributed by atoms with Gasteiger partial charge in [0.15, 0.2) is 5.82 Å². The van der Waals surface area contributed by atoms with Crippen LogP contribution in [0.5, 0.6) is 0 Å². The summed E-state index contributed by atoms with van der Waals surface area (Å²) >= 11 is 0. The Morgan fingerprint density at radius 1 is 1.29 bits per heavy atom. The first-order valence-electron chi connectivity index (χ1n) is 8.56. The van der Waals surface area contributed by atoms with E-state index in [-0.39, 0.29) is 17.5 Å². The van der Waals surface area contributed by atoms with E-state index in [1.807, 2.05) is 13.8 Å². The van der Waals surface area contributed by atoms with E-state index in [4.69, 9.17) is 0 Å². The van der Waals surface area contributed by atoms with Crippen LogP contribution >= 0.6 is 0 Å². The van der Waals surface area contributed by atoms with E-state index in [1.165, 1.54) is 12.5 Å². The largest absolute Gasteiger partial charge is 0.324 e. The predicted octanol–water partition coefficient (Wildman–Crippen LogP) is 3.80. The van der Waals surface area contributed by atoms with Gasteiger partial charge in [0.2, 0.25) is 5.91 Å². The maximum absolute atomic E-state index is 14.1. The number of anilines is 1. The molecular formula is C18H23FN4O. The van der Waals surface area contributed by atoms with Gasteiger partial charge in [-0.15, -0.1) is 10.2 Å². The lowest BCUT2D eigenvalue weighted by atomic mass is 10.1. The second-order valence-electron chi connectivity index (χ2n) is 6.74. The minimum atomic E-state index is -0.438. The summed E-state index contributed by atoms with van der Waals surface area (Å²) in [6, 6.07) is 4.71. The van der Waals surface area contributed by atoms with Crippen molar-refractivity contribution >= 4 is 11.6 Å². The van der Waals surface area contributed by atoms with E-state index in [9.17, 15) is 9.18 Å². The Bertz CT molecular complexity index is 739. The summed E-state index contributed by atoms with van der Waals surface area (Å²) in [4.78, 5) is 11.9. The highest BCUT2D eigenvalue weighted by Crippen LogP contribution is 2.26. The van der Waals surface area contributed by atoms with Crippen LogP contribution in [0.1, 0.15) is 45.4 Å². The SMILES string of the molecule is CC(C)CC(=O)Nc1cc(-c2nnc3n2CCCCC3)ccc1F. The summed E-state index contributed by atoms with van der Waals surface area (Å²) < 4.78 is 16.2. The van der Waals surface area contributed by atoms with Crippen LogP contribution in [0.25, 0.3) is 11.4 Å². The average Bonchev–Trinajstić information content (AvgIpc) is 2.77. The molecule has 0 aliphatic carbocycles. The van der Waals surface area contributed by atoms with Crippen LogP contribution in [-0.2, 0) is 17.8 Å². The molecule has 0 fully saturated rings. The monoisotopic (exact) mass is 330 g/mol. The normalized spacial score (nSPS) is 14.3. The molecule has 1 aliphatic rings. The third-order valence-corrected chi connectivity index (χ3v) is 4.20. The summed E-state index contributed by atoms with van der Waals surface area (Å²) in [6.45, 7) is 4.79. The zero-order valence-corrected chi connectivity index (χ0v) is 14.2. The number of aromatic nitrogens is 3. The van der Waals surface area contributed by atoms with Gasteiger partial charge < -0.3 is 9.88 Å². The molecule has 3 rings (SSSR count). The zero-order chi connectivity index (χ0) is 17.1. The molecule has 2 aromatic rings. The van der Waals surface area contributed by atoms with E-state index >= 15 is 0 Å². The first kappa shape index (κ1) is 16.6. The van der Waals surface area contributed by atoms with Crippen molar-refractivity contribution in [3.8, 4) is 11.4 Å². The molecule has 0 spiro atoms. The van der Waals surface area contributed by atoms with E-state index < -0.39 is 5.82 Å². The van der Waals surface area contributed by atoms with Gasteiger partial charge in [-0.2, -0.15) is 0 Å². The number of carbonyl (C=O) groups is 1. The number of nitrogens with one attached hydrogen (secondary N) is 1. The molecule has 1 N–H and O–H groups in total. The molecule has 5 nitrogen and oxygen atoms in total. The molecule has 128 valence electrons. The second kappa shape index (κ2) is 7.11. The molecule has 1 aliphatic heterocycles. The van der Waals surface area contributed by atoms with Crippen LogP contribution in [-0.4, -0.2) is 20.7 Å². The Labute approximate surface area is 141 Å². The lowest BCUT2D eigenvalue weighted by molar-refractivity contribution is -0.116. The Balaban J connectivity index is 1.89. The Morgan fingerprint density at radius 2 is 2.12 bits per heavy atom. The minimum absolute atomic E-state index is 0.180. The van der Waals surface area contributed by atoms with Crippen molar-refractivity contribution in [2.24, 2.45) is 5.92 Å². The first-order valence-corrected chi connectivity index (χ1v) is 8.56. The number of carbonyl (C=O) groups excluding carboxylic acids is 1.